The molecule has 2 heterocycles. The number of carbonyl (C=O) groups is 1. The van der Waals surface area contributed by atoms with Crippen molar-refractivity contribution >= 4 is 11.9 Å². The molecule has 0 saturated carbocycles. The zero-order chi connectivity index (χ0) is 12.4. The van der Waals surface area contributed by atoms with Crippen LogP contribution in [0.15, 0.2) is 4.52 Å². The lowest BCUT2D eigenvalue weighted by atomic mass is 10.0. The van der Waals surface area contributed by atoms with E-state index in [1.807, 2.05) is 0 Å². The average Bonchev–Trinajstić information content (AvgIpc) is 2.66. The summed E-state index contributed by atoms with van der Waals surface area (Å²) in [6.07, 6.45) is 1.87. The van der Waals surface area contributed by atoms with Crippen LogP contribution < -0.4 is 10.2 Å². The van der Waals surface area contributed by atoms with Crippen LogP contribution in [-0.4, -0.2) is 35.7 Å². The maximum atomic E-state index is 12.3. The van der Waals surface area contributed by atoms with Crippen LogP contribution in [0.1, 0.15) is 25.7 Å². The number of hydrogen-bond donors (Lipinski definition) is 1. The van der Waals surface area contributed by atoms with Gasteiger partial charge in [-0.3, -0.25) is 9.69 Å². The van der Waals surface area contributed by atoms with Crippen molar-refractivity contribution in [2.75, 3.05) is 18.5 Å². The molecule has 2 unspecified atom stereocenters. The molecule has 6 nitrogen and oxygen atoms in total. The van der Waals surface area contributed by atoms with Crippen LogP contribution in [0.5, 0.6) is 0 Å². The van der Waals surface area contributed by atoms with Crippen molar-refractivity contribution < 1.29 is 9.32 Å². The molecular formula is C11H18N4O2. The lowest BCUT2D eigenvalue weighted by Gasteiger charge is -2.21. The summed E-state index contributed by atoms with van der Waals surface area (Å²) in [5.74, 6) is 1.32. The molecule has 1 aromatic rings. The first-order chi connectivity index (χ1) is 8.11. The van der Waals surface area contributed by atoms with E-state index in [1.165, 1.54) is 0 Å². The molecule has 1 saturated heterocycles. The van der Waals surface area contributed by atoms with Gasteiger partial charge in [-0.05, 0) is 31.0 Å². The smallest absolute Gasteiger partial charge is 0.272 e. The monoisotopic (exact) mass is 238 g/mol. The van der Waals surface area contributed by atoms with Crippen LogP contribution in [-0.2, 0) is 4.79 Å². The van der Waals surface area contributed by atoms with Crippen molar-refractivity contribution in [3.63, 3.8) is 0 Å². The predicted octanol–water partition coefficient (Wildman–Crippen LogP) is 0.729. The minimum atomic E-state index is -0.154. The Morgan fingerprint density at radius 3 is 2.82 bits per heavy atom. The van der Waals surface area contributed by atoms with Gasteiger partial charge >= 0.3 is 0 Å². The Kier molecular flexibility index (Phi) is 3.42. The van der Waals surface area contributed by atoms with Crippen molar-refractivity contribution in [1.82, 2.24) is 15.5 Å². The van der Waals surface area contributed by atoms with Crippen molar-refractivity contribution in [2.24, 2.45) is 5.92 Å². The maximum absolute atomic E-state index is 12.3. The molecule has 2 rings (SSSR count). The predicted molar refractivity (Wildman–Crippen MR) is 62.6 cm³/mol. The Hall–Kier alpha value is -1.43. The maximum Gasteiger partial charge on any atom is 0.272 e. The number of carbonyl (C=O) groups excluding carboxylic acids is 1. The van der Waals surface area contributed by atoms with Gasteiger partial charge in [0.25, 0.3) is 5.95 Å². The first kappa shape index (κ1) is 12.0. The molecule has 0 spiro atoms. The van der Waals surface area contributed by atoms with Crippen molar-refractivity contribution in [2.45, 2.75) is 32.7 Å². The van der Waals surface area contributed by atoms with Crippen LogP contribution in [0.2, 0.25) is 0 Å². The summed E-state index contributed by atoms with van der Waals surface area (Å²) < 4.78 is 4.94. The minimum Gasteiger partial charge on any atom is -0.338 e. The summed E-state index contributed by atoms with van der Waals surface area (Å²) in [6.45, 7) is 4.50. The fourth-order valence-corrected chi connectivity index (χ4v) is 2.10. The van der Waals surface area contributed by atoms with Gasteiger partial charge in [0.15, 0.2) is 0 Å². The van der Waals surface area contributed by atoms with Gasteiger partial charge in [0.2, 0.25) is 11.8 Å². The largest absolute Gasteiger partial charge is 0.338 e. The van der Waals surface area contributed by atoms with Gasteiger partial charge in [0, 0.05) is 13.5 Å². The van der Waals surface area contributed by atoms with E-state index in [-0.39, 0.29) is 11.9 Å². The lowest BCUT2D eigenvalue weighted by molar-refractivity contribution is -0.120. The van der Waals surface area contributed by atoms with E-state index < -0.39 is 0 Å². The third kappa shape index (κ3) is 2.46. The van der Waals surface area contributed by atoms with E-state index in [0.29, 0.717) is 24.3 Å². The Morgan fingerprint density at radius 1 is 1.47 bits per heavy atom. The minimum absolute atomic E-state index is 0.0256. The highest BCUT2D eigenvalue weighted by Gasteiger charge is 2.31. The summed E-state index contributed by atoms with van der Waals surface area (Å²) in [7, 11) is 1.80. The zero-order valence-corrected chi connectivity index (χ0v) is 10.4. The van der Waals surface area contributed by atoms with Crippen LogP contribution in [0.3, 0.4) is 0 Å². The molecule has 2 atom stereocenters. The molecule has 0 radical (unpaired) electrons. The van der Waals surface area contributed by atoms with Crippen molar-refractivity contribution in [1.29, 1.82) is 0 Å². The molecule has 1 aromatic heterocycles. The second-order valence-corrected chi connectivity index (χ2v) is 4.59. The van der Waals surface area contributed by atoms with Crippen molar-refractivity contribution in [3.8, 4) is 0 Å². The van der Waals surface area contributed by atoms with Gasteiger partial charge < -0.3 is 9.84 Å². The summed E-state index contributed by atoms with van der Waals surface area (Å²) >= 11 is 0. The van der Waals surface area contributed by atoms with E-state index in [9.17, 15) is 4.79 Å². The first-order valence-corrected chi connectivity index (χ1v) is 5.90. The molecule has 1 fully saturated rings. The fourth-order valence-electron chi connectivity index (χ4n) is 2.10. The molecule has 94 valence electrons. The van der Waals surface area contributed by atoms with E-state index in [0.717, 1.165) is 12.8 Å². The first-order valence-electron chi connectivity index (χ1n) is 5.90. The SMILES string of the molecule is CNC1CCC(C)CN(c2noc(C)n2)C1=O. The summed E-state index contributed by atoms with van der Waals surface area (Å²) in [5, 5.41) is 6.87. The molecule has 0 bridgehead atoms. The average molecular weight is 238 g/mol. The number of rotatable bonds is 2. The van der Waals surface area contributed by atoms with Gasteiger partial charge in [0.05, 0.1) is 6.04 Å². The van der Waals surface area contributed by atoms with Gasteiger partial charge in [-0.25, -0.2) is 0 Å². The van der Waals surface area contributed by atoms with Crippen LogP contribution in [0, 0.1) is 12.8 Å². The van der Waals surface area contributed by atoms with Gasteiger partial charge in [-0.2, -0.15) is 4.98 Å². The Labute approximate surface area is 100 Å². The molecule has 0 aliphatic carbocycles. The van der Waals surface area contributed by atoms with E-state index >= 15 is 0 Å². The molecule has 1 aliphatic heterocycles. The molecule has 1 amide bonds. The summed E-state index contributed by atoms with van der Waals surface area (Å²) in [5.41, 5.74) is 0. The summed E-state index contributed by atoms with van der Waals surface area (Å²) in [4.78, 5) is 18.0. The topological polar surface area (TPSA) is 71.3 Å². The van der Waals surface area contributed by atoms with Crippen LogP contribution in [0.25, 0.3) is 0 Å². The van der Waals surface area contributed by atoms with E-state index in [2.05, 4.69) is 22.4 Å². The number of aryl methyl sites for hydroxylation is 1. The molecule has 17 heavy (non-hydrogen) atoms. The number of amides is 1. The van der Waals surface area contributed by atoms with E-state index in [4.69, 9.17) is 4.52 Å². The quantitative estimate of drug-likeness (QED) is 0.822. The number of aromatic nitrogens is 2. The third-order valence-electron chi connectivity index (χ3n) is 3.11. The number of nitrogens with zero attached hydrogens (tertiary/aromatic N) is 3. The van der Waals surface area contributed by atoms with Gasteiger partial charge in [0.1, 0.15) is 0 Å². The molecule has 1 N–H and O–H groups in total. The molecule has 0 aromatic carbocycles. The summed E-state index contributed by atoms with van der Waals surface area (Å²) in [6, 6.07) is -0.154. The van der Waals surface area contributed by atoms with Gasteiger partial charge in [-0.15, -0.1) is 0 Å². The number of likely N-dealkylation sites (N-methyl/N-ethyl adjacent to an activating group) is 1. The number of hydrogen-bond acceptors (Lipinski definition) is 5. The normalized spacial score (nSPS) is 26.1. The molecule has 1 aliphatic rings. The second kappa shape index (κ2) is 4.83. The van der Waals surface area contributed by atoms with Crippen LogP contribution >= 0.6 is 0 Å². The highest BCUT2D eigenvalue weighted by Crippen LogP contribution is 2.21. The Morgan fingerprint density at radius 2 is 2.24 bits per heavy atom. The Bertz CT molecular complexity index is 404. The fraction of sp³-hybridized carbons (Fsp3) is 0.727. The second-order valence-electron chi connectivity index (χ2n) is 4.59. The zero-order valence-electron chi connectivity index (χ0n) is 10.4. The number of nitrogens with one attached hydrogen (secondary N) is 1. The standard InChI is InChI=1S/C11H18N4O2/c1-7-4-5-9(12-3)10(16)15(6-7)11-13-8(2)17-14-11/h7,9,12H,4-6H2,1-3H3. The molecular weight excluding hydrogens is 220 g/mol. The lowest BCUT2D eigenvalue weighted by Crippen LogP contribution is -2.45. The van der Waals surface area contributed by atoms with Crippen molar-refractivity contribution in [3.05, 3.63) is 5.89 Å². The molecule has 6 heteroatoms. The highest BCUT2D eigenvalue weighted by atomic mass is 16.5. The van der Waals surface area contributed by atoms with Gasteiger partial charge in [-0.1, -0.05) is 6.92 Å². The van der Waals surface area contributed by atoms with Crippen LogP contribution in [0.4, 0.5) is 5.95 Å². The third-order valence-corrected chi connectivity index (χ3v) is 3.11. The highest BCUT2D eigenvalue weighted by molar-refractivity contribution is 5.95. The van der Waals surface area contributed by atoms with E-state index in [1.54, 1.807) is 18.9 Å². The Balaban J connectivity index is 2.26. The number of anilines is 1.